The maximum atomic E-state index is 5.55. The highest BCUT2D eigenvalue weighted by atomic mass is 16.5. The molecule has 1 fully saturated rings. The molecule has 0 amide bonds. The normalized spacial score (nSPS) is 21.9. The van der Waals surface area contributed by atoms with E-state index >= 15 is 0 Å². The fraction of sp³-hybridized carbons (Fsp3) is 0.667. The molecule has 0 radical (unpaired) electrons. The molecule has 2 heteroatoms. The van der Waals surface area contributed by atoms with Crippen LogP contribution < -0.4 is 5.32 Å². The van der Waals surface area contributed by atoms with Gasteiger partial charge in [0, 0.05) is 19.3 Å². The van der Waals surface area contributed by atoms with Crippen LogP contribution in [0, 0.1) is 11.8 Å². The Morgan fingerprint density at radius 2 is 1.75 bits per heavy atom. The molecule has 1 saturated heterocycles. The average molecular weight is 273 g/mol. The molecule has 0 bridgehead atoms. The molecule has 1 unspecified atom stereocenters. The lowest BCUT2D eigenvalue weighted by Crippen LogP contribution is -2.45. The van der Waals surface area contributed by atoms with Crippen LogP contribution in [0.1, 0.15) is 37.3 Å². The summed E-state index contributed by atoms with van der Waals surface area (Å²) < 4.78 is 5.55. The summed E-state index contributed by atoms with van der Waals surface area (Å²) in [6.07, 6.45) is 6.20. The highest BCUT2D eigenvalue weighted by molar-refractivity contribution is 5.32. The largest absolute Gasteiger partial charge is 0.381 e. The minimum absolute atomic E-state index is 0.672. The van der Waals surface area contributed by atoms with Crippen molar-refractivity contribution in [3.05, 3.63) is 35.4 Å². The average Bonchev–Trinajstić information content (AvgIpc) is 2.92. The van der Waals surface area contributed by atoms with Crippen molar-refractivity contribution in [2.75, 3.05) is 19.8 Å². The molecule has 3 rings (SSSR count). The minimum Gasteiger partial charge on any atom is -0.381 e. The summed E-state index contributed by atoms with van der Waals surface area (Å²) in [6, 6.07) is 9.67. The second kappa shape index (κ2) is 6.73. The third kappa shape index (κ3) is 3.07. The van der Waals surface area contributed by atoms with Crippen LogP contribution in [-0.4, -0.2) is 25.8 Å². The standard InChI is InChI=1S/C18H27NO/c1-2-9-19-18(14-7-10-20-11-8-14)17-12-15-5-3-4-6-16(15)13-17/h3-6,14,17-19H,2,7-13H2,1H3. The SMILES string of the molecule is CCCNC(C1CCOCC1)C1Cc2ccccc2C1. The zero-order valence-electron chi connectivity index (χ0n) is 12.6. The van der Waals surface area contributed by atoms with Gasteiger partial charge in [-0.25, -0.2) is 0 Å². The van der Waals surface area contributed by atoms with Gasteiger partial charge in [0.1, 0.15) is 0 Å². The van der Waals surface area contributed by atoms with Crippen LogP contribution in [0.5, 0.6) is 0 Å². The monoisotopic (exact) mass is 273 g/mol. The number of fused-ring (bicyclic) bond motifs is 1. The van der Waals surface area contributed by atoms with E-state index in [0.29, 0.717) is 6.04 Å². The molecule has 1 aliphatic heterocycles. The summed E-state index contributed by atoms with van der Waals surface area (Å²) in [5.74, 6) is 1.58. The van der Waals surface area contributed by atoms with Crippen LogP contribution in [-0.2, 0) is 17.6 Å². The second-order valence-corrected chi connectivity index (χ2v) is 6.37. The predicted molar refractivity (Wildman–Crippen MR) is 83.0 cm³/mol. The molecular formula is C18H27NO. The fourth-order valence-corrected chi connectivity index (χ4v) is 3.95. The molecule has 0 aromatic heterocycles. The van der Waals surface area contributed by atoms with Crippen LogP contribution >= 0.6 is 0 Å². The Morgan fingerprint density at radius 1 is 1.10 bits per heavy atom. The van der Waals surface area contributed by atoms with Gasteiger partial charge in [0.05, 0.1) is 0 Å². The quantitative estimate of drug-likeness (QED) is 0.889. The van der Waals surface area contributed by atoms with Crippen molar-refractivity contribution in [1.29, 1.82) is 0 Å². The van der Waals surface area contributed by atoms with Gasteiger partial charge in [-0.15, -0.1) is 0 Å². The van der Waals surface area contributed by atoms with Gasteiger partial charge in [0.2, 0.25) is 0 Å². The minimum atomic E-state index is 0.672. The predicted octanol–water partition coefficient (Wildman–Crippen LogP) is 3.20. The van der Waals surface area contributed by atoms with Crippen molar-refractivity contribution in [1.82, 2.24) is 5.32 Å². The molecular weight excluding hydrogens is 246 g/mol. The van der Waals surface area contributed by atoms with Crippen LogP contribution in [0.2, 0.25) is 0 Å². The molecule has 1 heterocycles. The summed E-state index contributed by atoms with van der Waals surface area (Å²) in [6.45, 7) is 5.32. The van der Waals surface area contributed by atoms with Gasteiger partial charge in [-0.1, -0.05) is 31.2 Å². The van der Waals surface area contributed by atoms with E-state index < -0.39 is 0 Å². The lowest BCUT2D eigenvalue weighted by atomic mass is 9.82. The third-order valence-electron chi connectivity index (χ3n) is 4.99. The summed E-state index contributed by atoms with van der Waals surface area (Å²) in [5.41, 5.74) is 3.15. The van der Waals surface area contributed by atoms with Crippen LogP contribution in [0.15, 0.2) is 24.3 Å². The first-order valence-corrected chi connectivity index (χ1v) is 8.26. The maximum absolute atomic E-state index is 5.55. The molecule has 2 aliphatic rings. The number of hydrogen-bond donors (Lipinski definition) is 1. The Morgan fingerprint density at radius 3 is 2.35 bits per heavy atom. The lowest BCUT2D eigenvalue weighted by Gasteiger charge is -2.35. The van der Waals surface area contributed by atoms with E-state index in [1.54, 1.807) is 11.1 Å². The number of ether oxygens (including phenoxy) is 1. The van der Waals surface area contributed by atoms with Gasteiger partial charge in [-0.05, 0) is 61.6 Å². The van der Waals surface area contributed by atoms with Gasteiger partial charge in [0.15, 0.2) is 0 Å². The summed E-state index contributed by atoms with van der Waals surface area (Å²) in [4.78, 5) is 0. The topological polar surface area (TPSA) is 21.3 Å². The summed E-state index contributed by atoms with van der Waals surface area (Å²) in [7, 11) is 0. The Kier molecular flexibility index (Phi) is 4.74. The van der Waals surface area contributed by atoms with E-state index in [1.807, 2.05) is 0 Å². The third-order valence-corrected chi connectivity index (χ3v) is 4.99. The zero-order chi connectivity index (χ0) is 13.8. The zero-order valence-corrected chi connectivity index (χ0v) is 12.6. The van der Waals surface area contributed by atoms with Gasteiger partial charge in [0.25, 0.3) is 0 Å². The van der Waals surface area contributed by atoms with E-state index in [1.165, 1.54) is 32.1 Å². The fourth-order valence-electron chi connectivity index (χ4n) is 3.95. The number of benzene rings is 1. The Balaban J connectivity index is 1.70. The number of rotatable bonds is 5. The molecule has 1 atom stereocenters. The van der Waals surface area contributed by atoms with Crippen molar-refractivity contribution < 1.29 is 4.74 Å². The van der Waals surface area contributed by atoms with Gasteiger partial charge in [-0.2, -0.15) is 0 Å². The number of nitrogens with one attached hydrogen (secondary N) is 1. The van der Waals surface area contributed by atoms with E-state index in [9.17, 15) is 0 Å². The molecule has 0 saturated carbocycles. The summed E-state index contributed by atoms with van der Waals surface area (Å²) >= 11 is 0. The van der Waals surface area contributed by atoms with E-state index in [4.69, 9.17) is 4.74 Å². The second-order valence-electron chi connectivity index (χ2n) is 6.37. The van der Waals surface area contributed by atoms with Crippen molar-refractivity contribution in [2.24, 2.45) is 11.8 Å². The Labute approximate surface area is 122 Å². The Hall–Kier alpha value is -0.860. The first-order valence-electron chi connectivity index (χ1n) is 8.26. The van der Waals surface area contributed by atoms with Crippen molar-refractivity contribution in [3.8, 4) is 0 Å². The van der Waals surface area contributed by atoms with E-state index in [2.05, 4.69) is 36.5 Å². The van der Waals surface area contributed by atoms with Crippen molar-refractivity contribution in [3.63, 3.8) is 0 Å². The van der Waals surface area contributed by atoms with E-state index in [-0.39, 0.29) is 0 Å². The smallest absolute Gasteiger partial charge is 0.0469 e. The molecule has 1 N–H and O–H groups in total. The molecule has 1 aromatic rings. The van der Waals surface area contributed by atoms with Crippen molar-refractivity contribution >= 4 is 0 Å². The highest BCUT2D eigenvalue weighted by Gasteiger charge is 2.33. The summed E-state index contributed by atoms with van der Waals surface area (Å²) in [5, 5.41) is 3.86. The van der Waals surface area contributed by atoms with Gasteiger partial charge in [-0.3, -0.25) is 0 Å². The van der Waals surface area contributed by atoms with Crippen LogP contribution in [0.3, 0.4) is 0 Å². The number of hydrogen-bond acceptors (Lipinski definition) is 2. The van der Waals surface area contributed by atoms with Gasteiger partial charge >= 0.3 is 0 Å². The van der Waals surface area contributed by atoms with E-state index in [0.717, 1.165) is 31.6 Å². The van der Waals surface area contributed by atoms with Crippen molar-refractivity contribution in [2.45, 2.75) is 45.1 Å². The molecule has 1 aromatic carbocycles. The maximum Gasteiger partial charge on any atom is 0.0469 e. The van der Waals surface area contributed by atoms with Crippen LogP contribution in [0.25, 0.3) is 0 Å². The molecule has 20 heavy (non-hydrogen) atoms. The van der Waals surface area contributed by atoms with Crippen LogP contribution in [0.4, 0.5) is 0 Å². The molecule has 0 spiro atoms. The molecule has 1 aliphatic carbocycles. The van der Waals surface area contributed by atoms with Gasteiger partial charge < -0.3 is 10.1 Å². The molecule has 2 nitrogen and oxygen atoms in total. The lowest BCUT2D eigenvalue weighted by molar-refractivity contribution is 0.0451. The molecule has 110 valence electrons. The first kappa shape index (κ1) is 14.1. The Bertz CT molecular complexity index is 400. The first-order chi connectivity index (χ1) is 9.88. The highest BCUT2D eigenvalue weighted by Crippen LogP contribution is 2.34.